The third-order valence-electron chi connectivity index (χ3n) is 3.82. The lowest BCUT2D eigenvalue weighted by molar-refractivity contribution is 0.497. The van der Waals surface area contributed by atoms with Crippen molar-refractivity contribution in [2.45, 2.75) is 40.2 Å². The van der Waals surface area contributed by atoms with Crippen LogP contribution in [0.2, 0.25) is 0 Å². The van der Waals surface area contributed by atoms with Gasteiger partial charge in [-0.2, -0.15) is 14.7 Å². The van der Waals surface area contributed by atoms with Crippen LogP contribution in [0.4, 0.5) is 5.82 Å². The average Bonchev–Trinajstić information content (AvgIpc) is 3.10. The summed E-state index contributed by atoms with van der Waals surface area (Å²) in [5.74, 6) is 0.972. The highest BCUT2D eigenvalue weighted by atomic mass is 15.3. The molecule has 6 heteroatoms. The number of nitrogens with zero attached hydrogens (tertiary/aromatic N) is 5. The fraction of sp³-hybridized carbons (Fsp3) is 0.438. The van der Waals surface area contributed by atoms with Crippen molar-refractivity contribution >= 4 is 11.5 Å². The standard InChI is InChI=1S/C16H22N6/c1-5-14-9-16(22-15(19-14)6-7-18-22)17-10-13(4)21-12(3)8-11(2)20-21/h6-9,13,17H,5,10H2,1-4H3/t13-/m1/s1. The summed E-state index contributed by atoms with van der Waals surface area (Å²) in [5, 5.41) is 12.4. The van der Waals surface area contributed by atoms with E-state index in [1.807, 2.05) is 17.5 Å². The Balaban J connectivity index is 1.81. The molecule has 0 amide bonds. The third-order valence-corrected chi connectivity index (χ3v) is 3.82. The average molecular weight is 298 g/mol. The minimum absolute atomic E-state index is 0.262. The molecule has 0 saturated carbocycles. The van der Waals surface area contributed by atoms with E-state index in [2.05, 4.69) is 58.1 Å². The lowest BCUT2D eigenvalue weighted by Gasteiger charge is -2.17. The highest BCUT2D eigenvalue weighted by Crippen LogP contribution is 2.15. The van der Waals surface area contributed by atoms with E-state index in [0.717, 1.165) is 35.8 Å². The first-order chi connectivity index (χ1) is 10.6. The summed E-state index contributed by atoms with van der Waals surface area (Å²) in [4.78, 5) is 4.56. The summed E-state index contributed by atoms with van der Waals surface area (Å²) in [7, 11) is 0. The van der Waals surface area contributed by atoms with Gasteiger partial charge in [0.05, 0.1) is 17.9 Å². The third kappa shape index (κ3) is 2.68. The lowest BCUT2D eigenvalue weighted by Crippen LogP contribution is -2.20. The van der Waals surface area contributed by atoms with Crippen molar-refractivity contribution < 1.29 is 0 Å². The first-order valence-electron chi connectivity index (χ1n) is 7.68. The van der Waals surface area contributed by atoms with Crippen LogP contribution in [-0.4, -0.2) is 30.9 Å². The molecule has 0 aliphatic carbocycles. The van der Waals surface area contributed by atoms with E-state index in [9.17, 15) is 0 Å². The molecule has 0 aliphatic rings. The van der Waals surface area contributed by atoms with E-state index in [1.54, 1.807) is 6.20 Å². The molecule has 0 saturated heterocycles. The summed E-state index contributed by atoms with van der Waals surface area (Å²) < 4.78 is 3.90. The number of hydrogen-bond acceptors (Lipinski definition) is 4. The lowest BCUT2D eigenvalue weighted by atomic mass is 10.3. The molecule has 0 spiro atoms. The van der Waals surface area contributed by atoms with Gasteiger partial charge >= 0.3 is 0 Å². The zero-order valence-corrected chi connectivity index (χ0v) is 13.5. The SMILES string of the molecule is CCc1cc(NC[C@@H](C)n2nc(C)cc2C)n2nccc2n1. The Bertz CT molecular complexity index is 785. The molecule has 1 N–H and O–H groups in total. The second kappa shape index (κ2) is 5.79. The summed E-state index contributed by atoms with van der Waals surface area (Å²) in [6.07, 6.45) is 2.68. The van der Waals surface area contributed by atoms with Crippen LogP contribution in [-0.2, 0) is 6.42 Å². The van der Waals surface area contributed by atoms with Gasteiger partial charge in [0.15, 0.2) is 5.65 Å². The van der Waals surface area contributed by atoms with E-state index in [1.165, 1.54) is 5.69 Å². The largest absolute Gasteiger partial charge is 0.368 e. The number of fused-ring (bicyclic) bond motifs is 1. The Morgan fingerprint density at radius 2 is 2.09 bits per heavy atom. The van der Waals surface area contributed by atoms with Gasteiger partial charge in [-0.15, -0.1) is 0 Å². The molecule has 6 nitrogen and oxygen atoms in total. The Kier molecular flexibility index (Phi) is 3.83. The van der Waals surface area contributed by atoms with Gasteiger partial charge in [-0.3, -0.25) is 4.68 Å². The molecule has 3 aromatic heterocycles. The van der Waals surface area contributed by atoms with E-state index in [-0.39, 0.29) is 6.04 Å². The predicted molar refractivity (Wildman–Crippen MR) is 87.3 cm³/mol. The highest BCUT2D eigenvalue weighted by Gasteiger charge is 2.11. The van der Waals surface area contributed by atoms with Crippen LogP contribution in [0.1, 0.15) is 37.0 Å². The molecule has 0 radical (unpaired) electrons. The molecule has 116 valence electrons. The molecular formula is C16H22N6. The molecule has 3 aromatic rings. The molecule has 0 aromatic carbocycles. The second-order valence-electron chi connectivity index (χ2n) is 5.69. The first-order valence-corrected chi connectivity index (χ1v) is 7.68. The molecule has 1 atom stereocenters. The van der Waals surface area contributed by atoms with Crippen molar-refractivity contribution in [2.75, 3.05) is 11.9 Å². The number of rotatable bonds is 5. The van der Waals surface area contributed by atoms with Crippen LogP contribution >= 0.6 is 0 Å². The maximum atomic E-state index is 4.56. The first kappa shape index (κ1) is 14.6. The van der Waals surface area contributed by atoms with E-state index < -0.39 is 0 Å². The van der Waals surface area contributed by atoms with Crippen molar-refractivity contribution in [2.24, 2.45) is 0 Å². The van der Waals surface area contributed by atoms with Gasteiger partial charge in [-0.1, -0.05) is 6.92 Å². The quantitative estimate of drug-likeness (QED) is 0.787. The summed E-state index contributed by atoms with van der Waals surface area (Å²) in [5.41, 5.74) is 4.17. The van der Waals surface area contributed by atoms with Crippen LogP contribution in [0.15, 0.2) is 24.4 Å². The maximum Gasteiger partial charge on any atom is 0.157 e. The van der Waals surface area contributed by atoms with Gasteiger partial charge in [-0.05, 0) is 33.3 Å². The second-order valence-corrected chi connectivity index (χ2v) is 5.69. The highest BCUT2D eigenvalue weighted by molar-refractivity contribution is 5.49. The van der Waals surface area contributed by atoms with Crippen molar-refractivity contribution in [3.05, 3.63) is 41.5 Å². The van der Waals surface area contributed by atoms with Crippen LogP contribution in [0, 0.1) is 13.8 Å². The Hall–Kier alpha value is -2.37. The molecular weight excluding hydrogens is 276 g/mol. The maximum absolute atomic E-state index is 4.56. The van der Waals surface area contributed by atoms with E-state index in [0.29, 0.717) is 0 Å². The minimum atomic E-state index is 0.262. The Labute approximate surface area is 130 Å². The van der Waals surface area contributed by atoms with E-state index >= 15 is 0 Å². The molecule has 0 unspecified atom stereocenters. The smallest absolute Gasteiger partial charge is 0.157 e. The minimum Gasteiger partial charge on any atom is -0.368 e. The fourth-order valence-electron chi connectivity index (χ4n) is 2.70. The van der Waals surface area contributed by atoms with Crippen LogP contribution in [0.3, 0.4) is 0 Å². The number of anilines is 1. The topological polar surface area (TPSA) is 60.0 Å². The Morgan fingerprint density at radius 3 is 2.77 bits per heavy atom. The molecule has 22 heavy (non-hydrogen) atoms. The number of hydrogen-bond donors (Lipinski definition) is 1. The van der Waals surface area contributed by atoms with Gasteiger partial charge in [0.2, 0.25) is 0 Å². The Morgan fingerprint density at radius 1 is 1.27 bits per heavy atom. The summed E-state index contributed by atoms with van der Waals surface area (Å²) >= 11 is 0. The molecule has 0 fully saturated rings. The zero-order chi connectivity index (χ0) is 15.7. The van der Waals surface area contributed by atoms with Gasteiger partial charge < -0.3 is 5.32 Å². The summed E-state index contributed by atoms with van der Waals surface area (Å²) in [6, 6.07) is 6.35. The van der Waals surface area contributed by atoms with Gasteiger partial charge in [0, 0.05) is 30.1 Å². The number of nitrogens with one attached hydrogen (secondary N) is 1. The van der Waals surface area contributed by atoms with Gasteiger partial charge in [-0.25, -0.2) is 4.98 Å². The normalized spacial score (nSPS) is 12.7. The van der Waals surface area contributed by atoms with Gasteiger partial charge in [0.1, 0.15) is 5.82 Å². The molecule has 0 bridgehead atoms. The van der Waals surface area contributed by atoms with Crippen LogP contribution < -0.4 is 5.32 Å². The monoisotopic (exact) mass is 298 g/mol. The number of aryl methyl sites for hydroxylation is 3. The fourth-order valence-corrected chi connectivity index (χ4v) is 2.70. The molecule has 0 aliphatic heterocycles. The number of aromatic nitrogens is 5. The van der Waals surface area contributed by atoms with Crippen LogP contribution in [0.5, 0.6) is 0 Å². The van der Waals surface area contributed by atoms with Crippen LogP contribution in [0.25, 0.3) is 5.65 Å². The van der Waals surface area contributed by atoms with Crippen molar-refractivity contribution in [1.82, 2.24) is 24.4 Å². The van der Waals surface area contributed by atoms with Crippen molar-refractivity contribution in [1.29, 1.82) is 0 Å². The molecule has 3 heterocycles. The molecule has 3 rings (SSSR count). The van der Waals surface area contributed by atoms with Crippen molar-refractivity contribution in [3.8, 4) is 0 Å². The predicted octanol–water partition coefficient (Wildman–Crippen LogP) is 2.78. The van der Waals surface area contributed by atoms with Gasteiger partial charge in [0.25, 0.3) is 0 Å². The van der Waals surface area contributed by atoms with E-state index in [4.69, 9.17) is 0 Å². The summed E-state index contributed by atoms with van der Waals surface area (Å²) in [6.45, 7) is 9.16. The zero-order valence-electron chi connectivity index (χ0n) is 13.5. The van der Waals surface area contributed by atoms with Crippen molar-refractivity contribution in [3.63, 3.8) is 0 Å².